The summed E-state index contributed by atoms with van der Waals surface area (Å²) in [5.41, 5.74) is 0.575. The number of nitrogens with one attached hydrogen (secondary N) is 1. The Bertz CT molecular complexity index is 600. The standard InChI is InChI=1S/C15H21FN2O3S/c16-13-5-3-12(4-6-13)11-22(19,20)17-14-9-21-10-15(14)18-7-1-2-8-18/h3-6,14-15,17H,1-2,7-11H2/t14-,15-/m0/s1. The maximum atomic E-state index is 12.9. The van der Waals surface area contributed by atoms with Crippen molar-refractivity contribution >= 4 is 10.0 Å². The van der Waals surface area contributed by atoms with E-state index in [1.807, 2.05) is 0 Å². The number of hydrogen-bond acceptors (Lipinski definition) is 4. The van der Waals surface area contributed by atoms with Crippen molar-refractivity contribution in [1.82, 2.24) is 9.62 Å². The van der Waals surface area contributed by atoms with Gasteiger partial charge in [-0.3, -0.25) is 4.90 Å². The Morgan fingerprint density at radius 3 is 2.55 bits per heavy atom. The molecule has 1 N–H and O–H groups in total. The van der Waals surface area contributed by atoms with E-state index in [2.05, 4.69) is 9.62 Å². The van der Waals surface area contributed by atoms with Gasteiger partial charge < -0.3 is 4.74 Å². The van der Waals surface area contributed by atoms with Gasteiger partial charge in [-0.15, -0.1) is 0 Å². The van der Waals surface area contributed by atoms with Gasteiger partial charge in [0.25, 0.3) is 0 Å². The Hall–Kier alpha value is -1.02. The van der Waals surface area contributed by atoms with Gasteiger partial charge in [0.1, 0.15) is 5.82 Å². The average molecular weight is 328 g/mol. The molecule has 0 saturated carbocycles. The molecule has 0 aromatic heterocycles. The predicted octanol–water partition coefficient (Wildman–Crippen LogP) is 1.11. The Labute approximate surface area is 130 Å². The molecule has 2 saturated heterocycles. The number of rotatable bonds is 5. The predicted molar refractivity (Wildman–Crippen MR) is 81.4 cm³/mol. The summed E-state index contributed by atoms with van der Waals surface area (Å²) < 4.78 is 45.8. The molecule has 0 radical (unpaired) electrons. The summed E-state index contributed by atoms with van der Waals surface area (Å²) in [6.07, 6.45) is 2.32. The van der Waals surface area contributed by atoms with Crippen molar-refractivity contribution in [3.05, 3.63) is 35.6 Å². The lowest BCUT2D eigenvalue weighted by Crippen LogP contribution is -2.50. The highest BCUT2D eigenvalue weighted by atomic mass is 32.2. The van der Waals surface area contributed by atoms with Crippen LogP contribution in [-0.4, -0.2) is 51.7 Å². The van der Waals surface area contributed by atoms with E-state index in [-0.39, 0.29) is 23.7 Å². The zero-order chi connectivity index (χ0) is 15.6. The monoisotopic (exact) mass is 328 g/mol. The minimum atomic E-state index is -3.47. The van der Waals surface area contributed by atoms with Crippen LogP contribution >= 0.6 is 0 Å². The average Bonchev–Trinajstić information content (AvgIpc) is 3.11. The van der Waals surface area contributed by atoms with E-state index < -0.39 is 10.0 Å². The molecule has 3 rings (SSSR count). The number of ether oxygens (including phenoxy) is 1. The molecular formula is C15H21FN2O3S. The van der Waals surface area contributed by atoms with E-state index in [0.717, 1.165) is 25.9 Å². The molecule has 0 unspecified atom stereocenters. The molecule has 2 atom stereocenters. The van der Waals surface area contributed by atoms with Gasteiger partial charge in [0.15, 0.2) is 0 Å². The van der Waals surface area contributed by atoms with Crippen molar-refractivity contribution < 1.29 is 17.5 Å². The summed E-state index contributed by atoms with van der Waals surface area (Å²) >= 11 is 0. The van der Waals surface area contributed by atoms with Crippen LogP contribution in [0, 0.1) is 5.82 Å². The summed E-state index contributed by atoms with van der Waals surface area (Å²) in [5.74, 6) is -0.511. The zero-order valence-electron chi connectivity index (χ0n) is 12.4. The van der Waals surface area contributed by atoms with E-state index in [9.17, 15) is 12.8 Å². The van der Waals surface area contributed by atoms with Gasteiger partial charge >= 0.3 is 0 Å². The lowest BCUT2D eigenvalue weighted by Gasteiger charge is -2.27. The summed E-state index contributed by atoms with van der Waals surface area (Å²) in [4.78, 5) is 2.30. The maximum Gasteiger partial charge on any atom is 0.216 e. The third kappa shape index (κ3) is 3.84. The maximum absolute atomic E-state index is 12.9. The van der Waals surface area contributed by atoms with Crippen LogP contribution in [0.1, 0.15) is 18.4 Å². The Balaban J connectivity index is 1.64. The number of likely N-dealkylation sites (tertiary alicyclic amines) is 1. The van der Waals surface area contributed by atoms with Crippen LogP contribution in [0.25, 0.3) is 0 Å². The Kier molecular flexibility index (Phi) is 4.77. The molecule has 0 spiro atoms. The normalized spacial score (nSPS) is 26.6. The molecule has 1 aromatic carbocycles. The highest BCUT2D eigenvalue weighted by molar-refractivity contribution is 7.88. The summed E-state index contributed by atoms with van der Waals surface area (Å²) in [6.45, 7) is 2.99. The third-order valence-electron chi connectivity index (χ3n) is 4.26. The van der Waals surface area contributed by atoms with E-state index in [1.165, 1.54) is 24.3 Å². The molecule has 122 valence electrons. The lowest BCUT2D eigenvalue weighted by atomic mass is 10.1. The number of benzene rings is 1. The van der Waals surface area contributed by atoms with Gasteiger partial charge in [0.2, 0.25) is 10.0 Å². The van der Waals surface area contributed by atoms with Crippen molar-refractivity contribution in [1.29, 1.82) is 0 Å². The minimum absolute atomic E-state index is 0.116. The molecule has 5 nitrogen and oxygen atoms in total. The van der Waals surface area contributed by atoms with Crippen LogP contribution in [0.15, 0.2) is 24.3 Å². The summed E-state index contributed by atoms with van der Waals surface area (Å²) in [6, 6.07) is 5.46. The number of hydrogen-bond donors (Lipinski definition) is 1. The largest absolute Gasteiger partial charge is 0.378 e. The second-order valence-corrected chi connectivity index (χ2v) is 7.71. The van der Waals surface area contributed by atoms with Crippen LogP contribution in [0.3, 0.4) is 0 Å². The Morgan fingerprint density at radius 2 is 1.86 bits per heavy atom. The van der Waals surface area contributed by atoms with Gasteiger partial charge in [-0.1, -0.05) is 12.1 Å². The van der Waals surface area contributed by atoms with Crippen molar-refractivity contribution in [2.24, 2.45) is 0 Å². The Morgan fingerprint density at radius 1 is 1.18 bits per heavy atom. The highest BCUT2D eigenvalue weighted by Gasteiger charge is 2.36. The molecule has 0 amide bonds. The van der Waals surface area contributed by atoms with Crippen molar-refractivity contribution in [3.63, 3.8) is 0 Å². The summed E-state index contributed by atoms with van der Waals surface area (Å²) in [5, 5.41) is 0. The van der Waals surface area contributed by atoms with Crippen LogP contribution in [0.5, 0.6) is 0 Å². The van der Waals surface area contributed by atoms with Gasteiger partial charge in [0.05, 0.1) is 31.1 Å². The third-order valence-corrected chi connectivity index (χ3v) is 5.64. The van der Waals surface area contributed by atoms with Crippen LogP contribution in [0.2, 0.25) is 0 Å². The fourth-order valence-corrected chi connectivity index (χ4v) is 4.56. The molecule has 7 heteroatoms. The summed E-state index contributed by atoms with van der Waals surface area (Å²) in [7, 11) is -3.47. The van der Waals surface area contributed by atoms with Crippen LogP contribution < -0.4 is 4.72 Å². The minimum Gasteiger partial charge on any atom is -0.378 e. The first-order valence-electron chi connectivity index (χ1n) is 7.60. The number of sulfonamides is 1. The first-order valence-corrected chi connectivity index (χ1v) is 9.25. The van der Waals surface area contributed by atoms with Crippen molar-refractivity contribution in [2.45, 2.75) is 30.7 Å². The van der Waals surface area contributed by atoms with Gasteiger partial charge in [-0.25, -0.2) is 17.5 Å². The van der Waals surface area contributed by atoms with Crippen molar-refractivity contribution in [2.75, 3.05) is 26.3 Å². The molecule has 2 aliphatic rings. The molecule has 0 bridgehead atoms. The fourth-order valence-electron chi connectivity index (χ4n) is 3.16. The van der Waals surface area contributed by atoms with E-state index in [0.29, 0.717) is 18.8 Å². The van der Waals surface area contributed by atoms with Crippen molar-refractivity contribution in [3.8, 4) is 0 Å². The quantitative estimate of drug-likeness (QED) is 0.880. The SMILES string of the molecule is O=S(=O)(Cc1ccc(F)cc1)N[C@H]1COC[C@@H]1N1CCCC1. The fraction of sp³-hybridized carbons (Fsp3) is 0.600. The second kappa shape index (κ2) is 6.62. The lowest BCUT2D eigenvalue weighted by molar-refractivity contribution is 0.159. The van der Waals surface area contributed by atoms with Gasteiger partial charge in [-0.2, -0.15) is 0 Å². The van der Waals surface area contributed by atoms with Crippen LogP contribution in [-0.2, 0) is 20.5 Å². The van der Waals surface area contributed by atoms with E-state index >= 15 is 0 Å². The highest BCUT2D eigenvalue weighted by Crippen LogP contribution is 2.20. The zero-order valence-corrected chi connectivity index (χ0v) is 13.2. The molecule has 2 fully saturated rings. The second-order valence-electron chi connectivity index (χ2n) is 5.96. The van der Waals surface area contributed by atoms with Crippen LogP contribution in [0.4, 0.5) is 4.39 Å². The first-order chi connectivity index (χ1) is 10.5. The smallest absolute Gasteiger partial charge is 0.216 e. The molecule has 22 heavy (non-hydrogen) atoms. The van der Waals surface area contributed by atoms with Gasteiger partial charge in [-0.05, 0) is 43.6 Å². The number of nitrogens with zero attached hydrogens (tertiary/aromatic N) is 1. The van der Waals surface area contributed by atoms with E-state index in [4.69, 9.17) is 4.74 Å². The molecule has 2 heterocycles. The first kappa shape index (κ1) is 15.9. The molecule has 0 aliphatic carbocycles. The molecule has 2 aliphatic heterocycles. The molecular weight excluding hydrogens is 307 g/mol. The number of halogens is 1. The van der Waals surface area contributed by atoms with Gasteiger partial charge in [0, 0.05) is 0 Å². The van der Waals surface area contributed by atoms with E-state index in [1.54, 1.807) is 0 Å². The topological polar surface area (TPSA) is 58.6 Å². The molecule has 1 aromatic rings.